The van der Waals surface area contributed by atoms with E-state index in [0.29, 0.717) is 23.1 Å². The SMILES string of the molecule is C[Si](C)(C)CCOCOc1ccc(N(c2cnn(COCC[Si](C)(C)C)c2)C2CCCCC2)nc1Br. The van der Waals surface area contributed by atoms with Crippen LogP contribution in [0.4, 0.5) is 11.5 Å². The van der Waals surface area contributed by atoms with E-state index in [2.05, 4.69) is 71.4 Å². The molecule has 10 heteroatoms. The summed E-state index contributed by atoms with van der Waals surface area (Å²) in [6.07, 6.45) is 10.1. The highest BCUT2D eigenvalue weighted by Gasteiger charge is 2.26. The highest BCUT2D eigenvalue weighted by molar-refractivity contribution is 9.10. The van der Waals surface area contributed by atoms with Crippen LogP contribution in [0.15, 0.2) is 29.1 Å². The van der Waals surface area contributed by atoms with Gasteiger partial charge in [0.2, 0.25) is 0 Å². The minimum atomic E-state index is -1.10. The van der Waals surface area contributed by atoms with Crippen LogP contribution < -0.4 is 9.64 Å². The highest BCUT2D eigenvalue weighted by atomic mass is 79.9. The molecule has 0 saturated heterocycles. The summed E-state index contributed by atoms with van der Waals surface area (Å²) in [7, 11) is -2.20. The summed E-state index contributed by atoms with van der Waals surface area (Å²) in [6, 6.07) is 6.71. The monoisotopic (exact) mass is 596 g/mol. The third kappa shape index (κ3) is 9.92. The molecule has 36 heavy (non-hydrogen) atoms. The fraction of sp³-hybridized carbons (Fsp3) is 0.692. The molecule has 1 saturated carbocycles. The molecule has 1 fully saturated rings. The fourth-order valence-corrected chi connectivity index (χ4v) is 6.09. The van der Waals surface area contributed by atoms with Crippen LogP contribution in [0.5, 0.6) is 5.75 Å². The molecule has 0 unspecified atom stereocenters. The Bertz CT molecular complexity index is 940. The minimum Gasteiger partial charge on any atom is -0.465 e. The van der Waals surface area contributed by atoms with Gasteiger partial charge in [0.25, 0.3) is 0 Å². The van der Waals surface area contributed by atoms with E-state index in [0.717, 1.165) is 49.6 Å². The van der Waals surface area contributed by atoms with Crippen molar-refractivity contribution < 1.29 is 14.2 Å². The lowest BCUT2D eigenvalue weighted by Gasteiger charge is -2.34. The van der Waals surface area contributed by atoms with E-state index in [-0.39, 0.29) is 6.79 Å². The number of ether oxygens (including phenoxy) is 3. The van der Waals surface area contributed by atoms with Gasteiger partial charge in [0, 0.05) is 35.4 Å². The Morgan fingerprint density at radius 1 is 0.972 bits per heavy atom. The van der Waals surface area contributed by atoms with Crippen molar-refractivity contribution in [3.05, 3.63) is 29.1 Å². The van der Waals surface area contributed by atoms with Crippen LogP contribution in [0, 0.1) is 0 Å². The van der Waals surface area contributed by atoms with Crippen LogP contribution in [0.25, 0.3) is 0 Å². The van der Waals surface area contributed by atoms with Crippen LogP contribution >= 0.6 is 15.9 Å². The summed E-state index contributed by atoms with van der Waals surface area (Å²) >= 11 is 3.63. The van der Waals surface area contributed by atoms with Crippen molar-refractivity contribution in [1.29, 1.82) is 0 Å². The van der Waals surface area contributed by atoms with E-state index in [1.54, 1.807) is 0 Å². The number of hydrogen-bond donors (Lipinski definition) is 0. The van der Waals surface area contributed by atoms with Gasteiger partial charge in [-0.1, -0.05) is 58.5 Å². The van der Waals surface area contributed by atoms with Crippen molar-refractivity contribution in [2.45, 2.75) is 96.2 Å². The summed E-state index contributed by atoms with van der Waals surface area (Å²) < 4.78 is 20.1. The molecule has 0 atom stereocenters. The molecular formula is C26H45BrN4O3Si2. The first-order valence-corrected chi connectivity index (χ1v) is 21.5. The molecule has 2 heterocycles. The number of anilines is 2. The molecule has 2 aromatic heterocycles. The van der Waals surface area contributed by atoms with Gasteiger partial charge in [0.15, 0.2) is 17.1 Å². The molecule has 0 aromatic carbocycles. The first-order valence-electron chi connectivity index (χ1n) is 13.3. The normalized spacial score (nSPS) is 15.3. The lowest BCUT2D eigenvalue weighted by atomic mass is 9.94. The van der Waals surface area contributed by atoms with Gasteiger partial charge >= 0.3 is 0 Å². The second-order valence-corrected chi connectivity index (χ2v) is 24.2. The molecule has 2 aromatic rings. The van der Waals surface area contributed by atoms with Gasteiger partial charge in [0.1, 0.15) is 12.5 Å². The van der Waals surface area contributed by atoms with Gasteiger partial charge in [-0.3, -0.25) is 0 Å². The molecule has 3 rings (SSSR count). The summed E-state index contributed by atoms with van der Waals surface area (Å²) in [5.41, 5.74) is 1.05. The second kappa shape index (κ2) is 13.5. The molecule has 0 radical (unpaired) electrons. The maximum atomic E-state index is 5.92. The van der Waals surface area contributed by atoms with Crippen molar-refractivity contribution >= 4 is 43.6 Å². The number of nitrogens with zero attached hydrogens (tertiary/aromatic N) is 4. The Kier molecular flexibility index (Phi) is 11.0. The number of aromatic nitrogens is 3. The van der Waals surface area contributed by atoms with Crippen molar-refractivity contribution in [3.8, 4) is 5.75 Å². The van der Waals surface area contributed by atoms with E-state index in [4.69, 9.17) is 19.2 Å². The number of halogens is 1. The maximum absolute atomic E-state index is 5.92. The minimum absolute atomic E-state index is 0.237. The van der Waals surface area contributed by atoms with Crippen LogP contribution in [-0.2, 0) is 16.2 Å². The Morgan fingerprint density at radius 3 is 2.28 bits per heavy atom. The number of rotatable bonds is 14. The first-order chi connectivity index (χ1) is 17.0. The molecule has 0 spiro atoms. The van der Waals surface area contributed by atoms with E-state index >= 15 is 0 Å². The first kappa shape index (κ1) is 29.4. The van der Waals surface area contributed by atoms with Crippen molar-refractivity contribution in [2.24, 2.45) is 0 Å². The lowest BCUT2D eigenvalue weighted by molar-refractivity contribution is 0.0213. The Hall–Kier alpha value is -1.21. The largest absolute Gasteiger partial charge is 0.465 e. The van der Waals surface area contributed by atoms with Crippen molar-refractivity contribution in [2.75, 3.05) is 24.9 Å². The summed E-state index contributed by atoms with van der Waals surface area (Å²) in [6.45, 7) is 16.4. The van der Waals surface area contributed by atoms with Gasteiger partial charge in [-0.05, 0) is 53.0 Å². The summed E-state index contributed by atoms with van der Waals surface area (Å²) in [5, 5.41) is 4.59. The van der Waals surface area contributed by atoms with Gasteiger partial charge in [-0.25, -0.2) is 9.67 Å². The quantitative estimate of drug-likeness (QED) is 0.0972. The zero-order valence-corrected chi connectivity index (χ0v) is 26.6. The van der Waals surface area contributed by atoms with E-state index in [9.17, 15) is 0 Å². The molecular weight excluding hydrogens is 552 g/mol. The molecule has 1 aliphatic rings. The predicted molar refractivity (Wildman–Crippen MR) is 157 cm³/mol. The van der Waals surface area contributed by atoms with Gasteiger partial charge < -0.3 is 19.1 Å². The molecule has 1 aliphatic carbocycles. The van der Waals surface area contributed by atoms with Gasteiger partial charge in [-0.15, -0.1) is 0 Å². The third-order valence-electron chi connectivity index (χ3n) is 6.40. The smallest absolute Gasteiger partial charge is 0.189 e. The molecule has 0 aliphatic heterocycles. The molecule has 202 valence electrons. The zero-order valence-electron chi connectivity index (χ0n) is 23.1. The van der Waals surface area contributed by atoms with Crippen LogP contribution in [0.3, 0.4) is 0 Å². The van der Waals surface area contributed by atoms with Crippen LogP contribution in [0.1, 0.15) is 32.1 Å². The fourth-order valence-electron chi connectivity index (χ4n) is 4.15. The average Bonchev–Trinajstić information content (AvgIpc) is 3.26. The van der Waals surface area contributed by atoms with E-state index in [1.807, 2.05) is 23.0 Å². The van der Waals surface area contributed by atoms with Gasteiger partial charge in [-0.2, -0.15) is 5.10 Å². The van der Waals surface area contributed by atoms with Crippen molar-refractivity contribution in [1.82, 2.24) is 14.8 Å². The number of pyridine rings is 1. The molecule has 7 nitrogen and oxygen atoms in total. The Balaban J connectivity index is 1.66. The molecule has 0 amide bonds. The maximum Gasteiger partial charge on any atom is 0.189 e. The summed E-state index contributed by atoms with van der Waals surface area (Å²) in [5.74, 6) is 1.60. The highest BCUT2D eigenvalue weighted by Crippen LogP contribution is 2.35. The third-order valence-corrected chi connectivity index (χ3v) is 10.4. The Morgan fingerprint density at radius 2 is 1.64 bits per heavy atom. The standard InChI is InChI=1S/C26H45BrN4O3Si2/c1-35(2,3)16-14-32-20-30-19-23(18-28-30)31(22-10-8-7-9-11-22)25-13-12-24(26(27)29-25)34-21-33-15-17-36(4,5)6/h12-13,18-19,22H,7-11,14-17,20-21H2,1-6H3. The predicted octanol–water partition coefficient (Wildman–Crippen LogP) is 7.51. The lowest BCUT2D eigenvalue weighted by Crippen LogP contribution is -2.33. The zero-order chi connectivity index (χ0) is 26.2. The Labute approximate surface area is 228 Å². The van der Waals surface area contributed by atoms with Gasteiger partial charge in [0.05, 0.1) is 18.1 Å². The van der Waals surface area contributed by atoms with E-state index < -0.39 is 16.1 Å². The van der Waals surface area contributed by atoms with Crippen molar-refractivity contribution in [3.63, 3.8) is 0 Å². The average molecular weight is 598 g/mol. The summed E-state index contributed by atoms with van der Waals surface area (Å²) in [4.78, 5) is 7.22. The topological polar surface area (TPSA) is 61.6 Å². The molecule has 0 N–H and O–H groups in total. The van der Waals surface area contributed by atoms with Crippen LogP contribution in [0.2, 0.25) is 51.4 Å². The van der Waals surface area contributed by atoms with Crippen LogP contribution in [-0.4, -0.2) is 57.0 Å². The van der Waals surface area contributed by atoms with E-state index in [1.165, 1.54) is 19.3 Å². The number of hydrogen-bond acceptors (Lipinski definition) is 6. The molecule has 0 bridgehead atoms. The second-order valence-electron chi connectivity index (χ2n) is 12.2.